The van der Waals surface area contributed by atoms with Crippen molar-refractivity contribution in [3.63, 3.8) is 0 Å². The predicted molar refractivity (Wildman–Crippen MR) is 324 cm³/mol. The molecule has 10 heterocycles. The monoisotopic (exact) mass is 1180 g/mol. The smallest absolute Gasteiger partial charge is 0.319 e. The number of halogens is 1. The summed E-state index contributed by atoms with van der Waals surface area (Å²) >= 11 is 1.59. The van der Waals surface area contributed by atoms with E-state index in [1.54, 1.807) is 35.7 Å². The first kappa shape index (κ1) is 57.2. The third-order valence-corrected chi connectivity index (χ3v) is 20.4. The number of hydrogen-bond donors (Lipinski definition) is 4. The number of aromatic hydroxyl groups is 1. The number of phenols is 1. The van der Waals surface area contributed by atoms with Gasteiger partial charge in [-0.3, -0.25) is 19.5 Å². The van der Waals surface area contributed by atoms with Crippen molar-refractivity contribution >= 4 is 50.6 Å². The van der Waals surface area contributed by atoms with Crippen LogP contribution in [0.4, 0.5) is 10.2 Å². The maximum Gasteiger partial charge on any atom is 0.319 e. The van der Waals surface area contributed by atoms with E-state index in [4.69, 9.17) is 28.9 Å². The molecule has 6 aliphatic heterocycles. The third kappa shape index (κ3) is 11.3. The van der Waals surface area contributed by atoms with Crippen molar-refractivity contribution in [3.8, 4) is 39.3 Å². The fraction of sp³-hybridized carbons (Fsp3) is 0.523. The molecular weight excluding hydrogens is 1100 g/mol. The first-order valence-electron chi connectivity index (χ1n) is 30.8. The highest BCUT2D eigenvalue weighted by Crippen LogP contribution is 2.45. The summed E-state index contributed by atoms with van der Waals surface area (Å²) in [4.78, 5) is 57.5. The molecule has 2 bridgehead atoms. The van der Waals surface area contributed by atoms with E-state index >= 15 is 4.39 Å². The number of pyridine rings is 1. The zero-order chi connectivity index (χ0) is 58.7. The number of anilines is 1. The second-order valence-corrected chi connectivity index (χ2v) is 26.1. The molecule has 0 radical (unpaired) electrons. The Bertz CT molecular complexity index is 3580. The average molecular weight is 1180 g/mol. The van der Waals surface area contributed by atoms with E-state index in [9.17, 15) is 19.8 Å². The number of likely N-dealkylation sites (tertiary alicyclic amines) is 2. The van der Waals surface area contributed by atoms with Gasteiger partial charge in [-0.2, -0.15) is 9.97 Å². The molecule has 0 saturated carbocycles. The zero-order valence-electron chi connectivity index (χ0n) is 49.3. The van der Waals surface area contributed by atoms with Crippen molar-refractivity contribution in [3.05, 3.63) is 101 Å². The standard InChI is InChI=1S/C65H78FN11O7S/c1-6-41-9-7-10-44-25-48(78)26-50(56(41)44)58-57(66)59-51(29-67-58)61(75-30-45-15-16-46(31-75)70-45)72-64(71-59)83-35-65-20-8-22-77(65)47(17-21-65)32-74-23-18-40(19-24-74)34-82-54-28-53(84-73-54)55(37(2)3)63(81)76-33-49(79)27-52(76)62(80)69-38(4)42-11-13-43(14-12-42)60-39(5)68-36-85-60/h7,9-14,25-26,28-29,36-38,40,45-47,49,52,55,70,78-79H,6,8,15-24,27,30-35H2,1-5H3,(H,69,80)/t38-,45?,46?,47-,49+,52-,55+,65-/m0/s1. The molecule has 4 aromatic heterocycles. The van der Waals surface area contributed by atoms with Gasteiger partial charge in [0.2, 0.25) is 11.8 Å². The second kappa shape index (κ2) is 23.8. The Labute approximate surface area is 499 Å². The van der Waals surface area contributed by atoms with Crippen LogP contribution in [0.25, 0.3) is 43.4 Å². The van der Waals surface area contributed by atoms with Crippen LogP contribution >= 0.6 is 11.3 Å². The molecule has 6 fully saturated rings. The van der Waals surface area contributed by atoms with Crippen LogP contribution in [0.1, 0.15) is 120 Å². The molecule has 13 rings (SSSR count). The largest absolute Gasteiger partial charge is 0.508 e. The Morgan fingerprint density at radius 1 is 0.953 bits per heavy atom. The Morgan fingerprint density at radius 2 is 1.75 bits per heavy atom. The van der Waals surface area contributed by atoms with Gasteiger partial charge in [0.15, 0.2) is 11.6 Å². The fourth-order valence-electron chi connectivity index (χ4n) is 14.9. The number of hydrogen-bond acceptors (Lipinski definition) is 17. The molecule has 0 spiro atoms. The molecule has 18 nitrogen and oxygen atoms in total. The summed E-state index contributed by atoms with van der Waals surface area (Å²) in [5.74, 6) is -0.359. The number of β-amino-alcohol motifs (C(OH)–C–C–N with tert-alkyl or cyclic N) is 1. The lowest BCUT2D eigenvalue weighted by Crippen LogP contribution is -2.51. The Morgan fingerprint density at radius 3 is 2.51 bits per heavy atom. The lowest BCUT2D eigenvalue weighted by Gasteiger charge is -2.38. The molecule has 3 aromatic carbocycles. The first-order chi connectivity index (χ1) is 41.2. The number of piperidine rings is 1. The zero-order valence-corrected chi connectivity index (χ0v) is 50.1. The van der Waals surface area contributed by atoms with Crippen molar-refractivity contribution in [2.24, 2.45) is 11.8 Å². The second-order valence-electron chi connectivity index (χ2n) is 25.3. The molecule has 6 aliphatic rings. The van der Waals surface area contributed by atoms with Crippen LogP contribution in [0.3, 0.4) is 0 Å². The minimum Gasteiger partial charge on any atom is -0.508 e. The molecule has 4 N–H and O–H groups in total. The number of carbonyl (C=O) groups excluding carboxylic acids is 2. The van der Waals surface area contributed by atoms with Crippen molar-refractivity contribution in [2.45, 2.75) is 147 Å². The van der Waals surface area contributed by atoms with Gasteiger partial charge in [-0.05, 0) is 148 Å². The summed E-state index contributed by atoms with van der Waals surface area (Å²) in [6, 6.07) is 19.1. The molecule has 20 heteroatoms. The van der Waals surface area contributed by atoms with E-state index < -0.39 is 23.9 Å². The number of fused-ring (bicyclic) bond motifs is 5. The van der Waals surface area contributed by atoms with Crippen LogP contribution in [0.5, 0.6) is 17.6 Å². The van der Waals surface area contributed by atoms with E-state index in [0.29, 0.717) is 65.7 Å². The molecule has 7 aromatic rings. The number of benzene rings is 3. The van der Waals surface area contributed by atoms with Gasteiger partial charge in [-0.25, -0.2) is 9.37 Å². The number of nitrogens with zero attached hydrogens (tertiary/aromatic N) is 9. The summed E-state index contributed by atoms with van der Waals surface area (Å²) < 4.78 is 36.2. The number of aliphatic hydroxyl groups excluding tert-OH is 1. The Balaban J connectivity index is 0.626. The van der Waals surface area contributed by atoms with E-state index in [1.807, 2.05) is 75.7 Å². The fourth-order valence-corrected chi connectivity index (χ4v) is 15.7. The molecule has 448 valence electrons. The van der Waals surface area contributed by atoms with Gasteiger partial charge >= 0.3 is 6.01 Å². The van der Waals surface area contributed by atoms with Gasteiger partial charge < -0.3 is 49.5 Å². The highest BCUT2D eigenvalue weighted by Gasteiger charge is 2.51. The number of phenolic OH excluding ortho intramolecular Hbond substituents is 1. The van der Waals surface area contributed by atoms with Crippen LogP contribution in [0.2, 0.25) is 0 Å². The number of rotatable bonds is 18. The topological polar surface area (TPSA) is 208 Å². The molecule has 85 heavy (non-hydrogen) atoms. The molecule has 8 atom stereocenters. The number of amides is 2. The third-order valence-electron chi connectivity index (χ3n) is 19.4. The maximum absolute atomic E-state index is 17.4. The number of nitrogens with one attached hydrogen (secondary N) is 2. The van der Waals surface area contributed by atoms with Crippen LogP contribution in [-0.2, 0) is 16.0 Å². The number of aromatic nitrogens is 5. The van der Waals surface area contributed by atoms with Crippen LogP contribution in [0, 0.1) is 24.6 Å². The molecular formula is C65H78FN11O7S. The first-order valence-corrected chi connectivity index (χ1v) is 31.7. The number of aryl methyl sites for hydroxylation is 2. The van der Waals surface area contributed by atoms with Gasteiger partial charge in [-0.1, -0.05) is 63.2 Å². The van der Waals surface area contributed by atoms with E-state index in [-0.39, 0.29) is 65.2 Å². The van der Waals surface area contributed by atoms with Crippen LogP contribution in [0.15, 0.2) is 76.9 Å². The molecule has 2 unspecified atom stereocenters. The Kier molecular flexibility index (Phi) is 16.0. The van der Waals surface area contributed by atoms with E-state index in [2.05, 4.69) is 42.4 Å². The summed E-state index contributed by atoms with van der Waals surface area (Å²) in [6.07, 6.45) is 10.0. The van der Waals surface area contributed by atoms with Crippen molar-refractivity contribution in [1.29, 1.82) is 0 Å². The van der Waals surface area contributed by atoms with Gasteiger partial charge in [0.1, 0.15) is 41.3 Å². The number of carbonyl (C=O) groups is 2. The van der Waals surface area contributed by atoms with Crippen molar-refractivity contribution in [1.82, 2.24) is 50.4 Å². The van der Waals surface area contributed by atoms with Gasteiger partial charge in [-0.15, -0.1) is 11.3 Å². The molecule has 0 aliphatic carbocycles. The normalized spacial score (nSPS) is 24.4. The van der Waals surface area contributed by atoms with Gasteiger partial charge in [0.05, 0.1) is 45.8 Å². The highest BCUT2D eigenvalue weighted by atomic mass is 32.1. The number of aliphatic hydroxyl groups is 1. The lowest BCUT2D eigenvalue weighted by molar-refractivity contribution is -0.141. The van der Waals surface area contributed by atoms with Crippen molar-refractivity contribution in [2.75, 3.05) is 63.9 Å². The van der Waals surface area contributed by atoms with Gasteiger partial charge in [0.25, 0.3) is 5.88 Å². The SMILES string of the molecule is CCc1cccc2cc(O)cc(-c3ncc4c(N5CC6CCC(C5)N6)nc(OC[C@@]56CCCN5[C@H](CN5CCC(COc7cc([C@H](C(=O)N8C[C@H](O)C[C@H]8C(=O)N[C@@H](C)c8ccc(-c9scnc9C)cc8)C(C)C)on7)CC5)CC6)nc4c3F)c12. The number of ether oxygens (including phenoxy) is 2. The minimum absolute atomic E-state index is 0.0471. The maximum atomic E-state index is 17.4. The number of thiazole rings is 1. The summed E-state index contributed by atoms with van der Waals surface area (Å²) in [7, 11) is 0. The summed E-state index contributed by atoms with van der Waals surface area (Å²) in [6.45, 7) is 16.2. The van der Waals surface area contributed by atoms with E-state index in [1.165, 1.54) is 4.90 Å². The van der Waals surface area contributed by atoms with Crippen LogP contribution in [-0.4, -0.2) is 157 Å². The lowest BCUT2D eigenvalue weighted by atomic mass is 9.91. The van der Waals surface area contributed by atoms with Crippen molar-refractivity contribution < 1.29 is 38.2 Å². The number of piperazine rings is 1. The highest BCUT2D eigenvalue weighted by molar-refractivity contribution is 7.13. The quantitative estimate of drug-likeness (QED) is 0.0631. The average Bonchev–Trinajstić information content (AvgIpc) is 3.49. The van der Waals surface area contributed by atoms with Crippen LogP contribution < -0.4 is 25.0 Å². The summed E-state index contributed by atoms with van der Waals surface area (Å²) in [5.41, 5.74) is 6.53. The predicted octanol–water partition coefficient (Wildman–Crippen LogP) is 9.36. The van der Waals surface area contributed by atoms with E-state index in [0.717, 1.165) is 135 Å². The minimum atomic E-state index is -0.838. The van der Waals surface area contributed by atoms with Gasteiger partial charge in [0, 0.05) is 68.6 Å². The molecule has 6 saturated heterocycles. The summed E-state index contributed by atoms with van der Waals surface area (Å²) in [5, 5.41) is 35.0. The Hall–Kier alpha value is -6.84. The molecule has 2 amide bonds.